The van der Waals surface area contributed by atoms with Gasteiger partial charge in [-0.05, 0) is 39.0 Å². The molecule has 2 rings (SSSR count). The number of nitrogens with one attached hydrogen (secondary N) is 2. The molecule has 0 saturated carbocycles. The third-order valence-corrected chi connectivity index (χ3v) is 3.85. The number of ether oxygens (including phenoxy) is 1. The first kappa shape index (κ1) is 22.8. The molecule has 27 heavy (non-hydrogen) atoms. The highest BCUT2D eigenvalue weighted by molar-refractivity contribution is 14.0. The van der Waals surface area contributed by atoms with Crippen LogP contribution in [-0.4, -0.2) is 25.5 Å². The summed E-state index contributed by atoms with van der Waals surface area (Å²) < 4.78 is 10.8. The van der Waals surface area contributed by atoms with Crippen molar-refractivity contribution >= 4 is 35.8 Å². The highest BCUT2D eigenvalue weighted by Gasteiger charge is 2.13. The number of nitrogens with two attached hydrogens (primary N) is 1. The van der Waals surface area contributed by atoms with Gasteiger partial charge in [0.2, 0.25) is 0 Å². The van der Waals surface area contributed by atoms with E-state index in [1.54, 1.807) is 19.2 Å². The number of furan rings is 1. The molecule has 0 fully saturated rings. The average Bonchev–Trinajstić information content (AvgIpc) is 3.09. The van der Waals surface area contributed by atoms with Crippen LogP contribution in [-0.2, 0) is 6.54 Å². The summed E-state index contributed by atoms with van der Waals surface area (Å²) in [7, 11) is 1.66. The number of guanidine groups is 1. The van der Waals surface area contributed by atoms with Crippen molar-refractivity contribution in [3.05, 3.63) is 53.0 Å². The number of carbonyl (C=O) groups excluding carboxylic acids is 1. The first-order valence-electron chi connectivity index (χ1n) is 8.52. The Morgan fingerprint density at radius 2 is 2.07 bits per heavy atom. The maximum absolute atomic E-state index is 11.1. The highest BCUT2D eigenvalue weighted by atomic mass is 127. The van der Waals surface area contributed by atoms with E-state index in [0.717, 1.165) is 16.9 Å². The van der Waals surface area contributed by atoms with Crippen molar-refractivity contribution in [3.63, 3.8) is 0 Å². The van der Waals surface area contributed by atoms with Crippen molar-refractivity contribution in [2.75, 3.05) is 13.7 Å². The van der Waals surface area contributed by atoms with Crippen LogP contribution in [0.1, 0.15) is 47.3 Å². The van der Waals surface area contributed by atoms with Crippen LogP contribution in [0, 0.1) is 6.92 Å². The van der Waals surface area contributed by atoms with Gasteiger partial charge in [0.15, 0.2) is 11.7 Å². The number of aryl methyl sites for hydroxylation is 1. The molecular weight excluding hydrogens is 459 g/mol. The SMILES string of the molecule is CCNC(=NCc1ccc(C(N)=O)o1)NC(C)c1cc(C)ccc1OC.I. The molecule has 148 valence electrons. The summed E-state index contributed by atoms with van der Waals surface area (Å²) in [6.45, 7) is 7.09. The summed E-state index contributed by atoms with van der Waals surface area (Å²) >= 11 is 0. The number of rotatable bonds is 7. The van der Waals surface area contributed by atoms with Gasteiger partial charge in [-0.1, -0.05) is 17.7 Å². The van der Waals surface area contributed by atoms with Gasteiger partial charge in [-0.2, -0.15) is 0 Å². The molecule has 0 aliphatic rings. The van der Waals surface area contributed by atoms with Gasteiger partial charge in [-0.3, -0.25) is 4.79 Å². The summed E-state index contributed by atoms with van der Waals surface area (Å²) in [6.07, 6.45) is 0. The fraction of sp³-hybridized carbons (Fsp3) is 0.368. The molecule has 0 aliphatic heterocycles. The number of aliphatic imine (C=N–C) groups is 1. The smallest absolute Gasteiger partial charge is 0.284 e. The van der Waals surface area contributed by atoms with Gasteiger partial charge in [0.05, 0.1) is 13.2 Å². The third-order valence-electron chi connectivity index (χ3n) is 3.85. The van der Waals surface area contributed by atoms with Crippen molar-refractivity contribution in [1.82, 2.24) is 10.6 Å². The van der Waals surface area contributed by atoms with Crippen LogP contribution in [0.4, 0.5) is 0 Å². The van der Waals surface area contributed by atoms with Crippen LogP contribution >= 0.6 is 24.0 Å². The Bertz CT molecular complexity index is 789. The lowest BCUT2D eigenvalue weighted by Crippen LogP contribution is -2.38. The summed E-state index contributed by atoms with van der Waals surface area (Å²) in [4.78, 5) is 15.6. The lowest BCUT2D eigenvalue weighted by atomic mass is 10.0. The lowest BCUT2D eigenvalue weighted by Gasteiger charge is -2.20. The Balaban J connectivity index is 0.00000364. The minimum atomic E-state index is -0.592. The second-order valence-corrected chi connectivity index (χ2v) is 5.94. The normalized spacial score (nSPS) is 12.1. The number of benzene rings is 1. The zero-order chi connectivity index (χ0) is 19.1. The fourth-order valence-electron chi connectivity index (χ4n) is 2.55. The molecule has 1 heterocycles. The summed E-state index contributed by atoms with van der Waals surface area (Å²) in [6, 6.07) is 9.29. The van der Waals surface area contributed by atoms with Crippen LogP contribution in [0.25, 0.3) is 0 Å². The van der Waals surface area contributed by atoms with E-state index in [0.29, 0.717) is 24.8 Å². The quantitative estimate of drug-likeness (QED) is 0.317. The second kappa shape index (κ2) is 10.8. The maximum atomic E-state index is 11.1. The topological polar surface area (TPSA) is 102 Å². The van der Waals surface area contributed by atoms with E-state index in [1.165, 1.54) is 0 Å². The highest BCUT2D eigenvalue weighted by Crippen LogP contribution is 2.26. The molecule has 0 radical (unpaired) electrons. The predicted molar refractivity (Wildman–Crippen MR) is 117 cm³/mol. The fourth-order valence-corrected chi connectivity index (χ4v) is 2.55. The van der Waals surface area contributed by atoms with Gasteiger partial charge in [0.25, 0.3) is 5.91 Å². The van der Waals surface area contributed by atoms with Gasteiger partial charge < -0.3 is 25.5 Å². The zero-order valence-electron chi connectivity index (χ0n) is 16.0. The second-order valence-electron chi connectivity index (χ2n) is 5.94. The molecule has 1 unspecified atom stereocenters. The minimum Gasteiger partial charge on any atom is -0.496 e. The van der Waals surface area contributed by atoms with Crippen molar-refractivity contribution in [1.29, 1.82) is 0 Å². The van der Waals surface area contributed by atoms with Crippen LogP contribution in [0.3, 0.4) is 0 Å². The molecule has 1 aromatic carbocycles. The third kappa shape index (κ3) is 6.46. The molecule has 0 saturated heterocycles. The van der Waals surface area contributed by atoms with E-state index >= 15 is 0 Å². The molecule has 0 spiro atoms. The molecule has 1 amide bonds. The van der Waals surface area contributed by atoms with Crippen molar-refractivity contribution < 1.29 is 13.9 Å². The number of methoxy groups -OCH3 is 1. The molecule has 0 aliphatic carbocycles. The summed E-state index contributed by atoms with van der Waals surface area (Å²) in [5.41, 5.74) is 7.40. The van der Waals surface area contributed by atoms with E-state index in [-0.39, 0.29) is 35.8 Å². The molecular formula is C19H27IN4O3. The van der Waals surface area contributed by atoms with Crippen LogP contribution in [0.2, 0.25) is 0 Å². The zero-order valence-corrected chi connectivity index (χ0v) is 18.4. The Morgan fingerprint density at radius 3 is 2.67 bits per heavy atom. The molecule has 8 heteroatoms. The Morgan fingerprint density at radius 1 is 1.33 bits per heavy atom. The molecule has 1 aromatic heterocycles. The molecule has 4 N–H and O–H groups in total. The van der Waals surface area contributed by atoms with Gasteiger partial charge in [-0.25, -0.2) is 4.99 Å². The molecule has 7 nitrogen and oxygen atoms in total. The lowest BCUT2D eigenvalue weighted by molar-refractivity contribution is 0.0972. The van der Waals surface area contributed by atoms with E-state index in [9.17, 15) is 4.79 Å². The van der Waals surface area contributed by atoms with E-state index in [2.05, 4.69) is 21.7 Å². The Labute approximate surface area is 176 Å². The molecule has 1 atom stereocenters. The standard InChI is InChI=1S/C19H26N4O3.HI/c1-5-21-19(22-11-14-7-9-17(26-14)18(20)24)23-13(3)15-10-12(2)6-8-16(15)25-4;/h6-10,13H,5,11H2,1-4H3,(H2,20,24)(H2,21,22,23);1H. The van der Waals surface area contributed by atoms with Gasteiger partial charge >= 0.3 is 0 Å². The van der Waals surface area contributed by atoms with E-state index in [1.807, 2.05) is 32.9 Å². The number of carbonyl (C=O) groups is 1. The van der Waals surface area contributed by atoms with Gasteiger partial charge in [-0.15, -0.1) is 24.0 Å². The maximum Gasteiger partial charge on any atom is 0.284 e. The predicted octanol–water partition coefficient (Wildman–Crippen LogP) is 3.13. The van der Waals surface area contributed by atoms with Gasteiger partial charge in [0.1, 0.15) is 18.1 Å². The largest absolute Gasteiger partial charge is 0.496 e. The first-order valence-corrected chi connectivity index (χ1v) is 8.52. The number of hydrogen-bond donors (Lipinski definition) is 3. The summed E-state index contributed by atoms with van der Waals surface area (Å²) in [5, 5.41) is 6.56. The summed E-state index contributed by atoms with van der Waals surface area (Å²) in [5.74, 6) is 1.57. The Kier molecular flexibility index (Phi) is 9.13. The Hall–Kier alpha value is -2.23. The van der Waals surface area contributed by atoms with Crippen molar-refractivity contribution in [3.8, 4) is 5.75 Å². The number of nitrogens with zero attached hydrogens (tertiary/aromatic N) is 1. The monoisotopic (exact) mass is 486 g/mol. The molecule has 0 bridgehead atoms. The van der Waals surface area contributed by atoms with E-state index in [4.69, 9.17) is 14.9 Å². The number of amides is 1. The number of hydrogen-bond acceptors (Lipinski definition) is 4. The van der Waals surface area contributed by atoms with Crippen LogP contribution in [0.5, 0.6) is 5.75 Å². The minimum absolute atomic E-state index is 0. The van der Waals surface area contributed by atoms with Crippen LogP contribution in [0.15, 0.2) is 39.7 Å². The van der Waals surface area contributed by atoms with E-state index < -0.39 is 5.91 Å². The average molecular weight is 486 g/mol. The van der Waals surface area contributed by atoms with Crippen molar-refractivity contribution in [2.45, 2.75) is 33.4 Å². The molecule has 2 aromatic rings. The van der Waals surface area contributed by atoms with Gasteiger partial charge in [0, 0.05) is 12.1 Å². The number of primary amides is 1. The van der Waals surface area contributed by atoms with Crippen LogP contribution < -0.4 is 21.1 Å². The van der Waals surface area contributed by atoms with Crippen molar-refractivity contribution in [2.24, 2.45) is 10.7 Å². The first-order chi connectivity index (χ1) is 12.4. The number of halogens is 1.